The van der Waals surface area contributed by atoms with E-state index in [1.165, 1.54) is 10.4 Å². The SMILES string of the molecule is CCCCSc1nc2sc(C)c(CC)c2c(=O)n1CC1CCCO1. The van der Waals surface area contributed by atoms with Crippen molar-refractivity contribution in [1.29, 1.82) is 0 Å². The predicted octanol–water partition coefficient (Wildman–Crippen LogP) is 4.40. The van der Waals surface area contributed by atoms with Gasteiger partial charge >= 0.3 is 0 Å². The van der Waals surface area contributed by atoms with Crippen LogP contribution in [0.25, 0.3) is 10.2 Å². The van der Waals surface area contributed by atoms with Crippen LogP contribution in [0.4, 0.5) is 0 Å². The minimum Gasteiger partial charge on any atom is -0.376 e. The van der Waals surface area contributed by atoms with Gasteiger partial charge in [0.1, 0.15) is 4.83 Å². The molecule has 0 bridgehead atoms. The van der Waals surface area contributed by atoms with E-state index in [2.05, 4.69) is 20.8 Å². The number of thiophene rings is 1. The molecule has 3 rings (SSSR count). The maximum absolute atomic E-state index is 13.2. The molecule has 3 heterocycles. The third kappa shape index (κ3) is 3.55. The first-order chi connectivity index (χ1) is 11.7. The zero-order valence-corrected chi connectivity index (χ0v) is 16.4. The van der Waals surface area contributed by atoms with Gasteiger partial charge in [-0.25, -0.2) is 4.98 Å². The van der Waals surface area contributed by atoms with Crippen molar-refractivity contribution < 1.29 is 4.74 Å². The topological polar surface area (TPSA) is 44.1 Å². The summed E-state index contributed by atoms with van der Waals surface area (Å²) in [5, 5.41) is 1.69. The summed E-state index contributed by atoms with van der Waals surface area (Å²) in [6.07, 6.45) is 5.45. The highest BCUT2D eigenvalue weighted by molar-refractivity contribution is 7.99. The van der Waals surface area contributed by atoms with Gasteiger partial charge in [0.2, 0.25) is 0 Å². The van der Waals surface area contributed by atoms with Crippen LogP contribution >= 0.6 is 23.1 Å². The van der Waals surface area contributed by atoms with Gasteiger partial charge in [-0.05, 0) is 38.2 Å². The lowest BCUT2D eigenvalue weighted by Crippen LogP contribution is -2.29. The highest BCUT2D eigenvalue weighted by Gasteiger charge is 2.22. The van der Waals surface area contributed by atoms with Crippen molar-refractivity contribution >= 4 is 33.3 Å². The average molecular weight is 367 g/mol. The molecule has 1 fully saturated rings. The first-order valence-corrected chi connectivity index (χ1v) is 10.7. The van der Waals surface area contributed by atoms with Crippen molar-refractivity contribution in [2.45, 2.75) is 70.7 Å². The Labute approximate surface area is 151 Å². The van der Waals surface area contributed by atoms with Gasteiger partial charge in [0, 0.05) is 17.2 Å². The van der Waals surface area contributed by atoms with Gasteiger partial charge in [-0.1, -0.05) is 32.0 Å². The van der Waals surface area contributed by atoms with E-state index in [-0.39, 0.29) is 11.7 Å². The van der Waals surface area contributed by atoms with Crippen LogP contribution in [0.5, 0.6) is 0 Å². The van der Waals surface area contributed by atoms with Gasteiger partial charge in [-0.2, -0.15) is 0 Å². The van der Waals surface area contributed by atoms with E-state index in [9.17, 15) is 4.79 Å². The Balaban J connectivity index is 2.06. The van der Waals surface area contributed by atoms with Crippen LogP contribution in [0.1, 0.15) is 50.0 Å². The Morgan fingerprint density at radius 1 is 1.42 bits per heavy atom. The summed E-state index contributed by atoms with van der Waals surface area (Å²) >= 11 is 3.36. The summed E-state index contributed by atoms with van der Waals surface area (Å²) in [5.74, 6) is 1.00. The standard InChI is InChI=1S/C18H26N2O2S2/c1-4-6-10-23-18-19-16-15(14(5-2)12(3)24-16)17(21)20(18)11-13-8-7-9-22-13/h13H,4-11H2,1-3H3. The molecule has 0 saturated carbocycles. The van der Waals surface area contributed by atoms with Gasteiger partial charge in [-0.3, -0.25) is 9.36 Å². The predicted molar refractivity (Wildman–Crippen MR) is 103 cm³/mol. The number of unbranched alkanes of at least 4 members (excludes halogenated alkanes) is 1. The van der Waals surface area contributed by atoms with Crippen LogP contribution in [0.15, 0.2) is 9.95 Å². The molecule has 24 heavy (non-hydrogen) atoms. The van der Waals surface area contributed by atoms with Crippen LogP contribution in [0.3, 0.4) is 0 Å². The molecule has 0 N–H and O–H groups in total. The molecule has 6 heteroatoms. The van der Waals surface area contributed by atoms with Crippen LogP contribution in [-0.4, -0.2) is 28.0 Å². The van der Waals surface area contributed by atoms with Crippen LogP contribution in [-0.2, 0) is 17.7 Å². The van der Waals surface area contributed by atoms with E-state index in [1.807, 2.05) is 4.57 Å². The molecule has 132 valence electrons. The second-order valence-electron chi connectivity index (χ2n) is 6.32. The largest absolute Gasteiger partial charge is 0.376 e. The number of rotatable bonds is 7. The summed E-state index contributed by atoms with van der Waals surface area (Å²) in [7, 11) is 0. The molecule has 2 aromatic rings. The van der Waals surface area contributed by atoms with Crippen molar-refractivity contribution in [2.24, 2.45) is 0 Å². The normalized spacial score (nSPS) is 17.9. The Kier molecular flexibility index (Phi) is 6.00. The summed E-state index contributed by atoms with van der Waals surface area (Å²) in [6.45, 7) is 7.84. The Hall–Kier alpha value is -0.850. The molecule has 0 radical (unpaired) electrons. The van der Waals surface area contributed by atoms with E-state index < -0.39 is 0 Å². The van der Waals surface area contributed by atoms with E-state index in [0.717, 1.165) is 59.8 Å². The maximum Gasteiger partial charge on any atom is 0.263 e. The van der Waals surface area contributed by atoms with Gasteiger partial charge < -0.3 is 4.74 Å². The van der Waals surface area contributed by atoms with E-state index in [1.54, 1.807) is 23.1 Å². The maximum atomic E-state index is 13.2. The molecule has 1 unspecified atom stereocenters. The van der Waals surface area contributed by atoms with E-state index in [4.69, 9.17) is 9.72 Å². The van der Waals surface area contributed by atoms with Gasteiger partial charge in [0.25, 0.3) is 5.56 Å². The molecule has 0 amide bonds. The molecule has 2 aromatic heterocycles. The van der Waals surface area contributed by atoms with Gasteiger partial charge in [0.15, 0.2) is 5.16 Å². The zero-order chi connectivity index (χ0) is 17.1. The number of ether oxygens (including phenoxy) is 1. The number of aryl methyl sites for hydroxylation is 2. The molecular formula is C18H26N2O2S2. The summed E-state index contributed by atoms with van der Waals surface area (Å²) in [4.78, 5) is 20.2. The van der Waals surface area contributed by atoms with E-state index >= 15 is 0 Å². The number of aromatic nitrogens is 2. The number of hydrogen-bond acceptors (Lipinski definition) is 5. The van der Waals surface area contributed by atoms with Crippen molar-refractivity contribution in [2.75, 3.05) is 12.4 Å². The fourth-order valence-electron chi connectivity index (χ4n) is 3.23. The fourth-order valence-corrected chi connectivity index (χ4v) is 5.47. The fraction of sp³-hybridized carbons (Fsp3) is 0.667. The Morgan fingerprint density at radius 3 is 2.92 bits per heavy atom. The molecule has 0 spiro atoms. The highest BCUT2D eigenvalue weighted by Crippen LogP contribution is 2.30. The quantitative estimate of drug-likeness (QED) is 0.414. The molecule has 1 aliphatic heterocycles. The van der Waals surface area contributed by atoms with Crippen LogP contribution in [0, 0.1) is 6.92 Å². The second kappa shape index (κ2) is 8.02. The monoisotopic (exact) mass is 366 g/mol. The second-order valence-corrected chi connectivity index (χ2v) is 8.58. The minimum atomic E-state index is 0.121. The summed E-state index contributed by atoms with van der Waals surface area (Å²) < 4.78 is 7.65. The average Bonchev–Trinajstić information content (AvgIpc) is 3.18. The lowest BCUT2D eigenvalue weighted by Gasteiger charge is -2.16. The van der Waals surface area contributed by atoms with Gasteiger partial charge in [-0.15, -0.1) is 11.3 Å². The number of thioether (sulfide) groups is 1. The molecule has 4 nitrogen and oxygen atoms in total. The van der Waals surface area contributed by atoms with Crippen molar-refractivity contribution in [3.05, 3.63) is 20.8 Å². The van der Waals surface area contributed by atoms with Crippen molar-refractivity contribution in [3.63, 3.8) is 0 Å². The zero-order valence-electron chi connectivity index (χ0n) is 14.8. The lowest BCUT2D eigenvalue weighted by molar-refractivity contribution is 0.0937. The molecule has 1 saturated heterocycles. The molecular weight excluding hydrogens is 340 g/mol. The number of hydrogen-bond donors (Lipinski definition) is 0. The first-order valence-electron chi connectivity index (χ1n) is 8.92. The summed E-state index contributed by atoms with van der Waals surface area (Å²) in [5.41, 5.74) is 1.29. The van der Waals surface area contributed by atoms with Crippen LogP contribution in [0.2, 0.25) is 0 Å². The highest BCUT2D eigenvalue weighted by atomic mass is 32.2. The smallest absolute Gasteiger partial charge is 0.263 e. The third-order valence-electron chi connectivity index (χ3n) is 4.57. The molecule has 1 aliphatic rings. The van der Waals surface area contributed by atoms with E-state index in [0.29, 0.717) is 6.54 Å². The Morgan fingerprint density at radius 2 is 2.25 bits per heavy atom. The number of nitrogens with zero attached hydrogens (tertiary/aromatic N) is 2. The van der Waals surface area contributed by atoms with Crippen molar-refractivity contribution in [1.82, 2.24) is 9.55 Å². The number of fused-ring (bicyclic) bond motifs is 1. The minimum absolute atomic E-state index is 0.121. The van der Waals surface area contributed by atoms with Crippen LogP contribution < -0.4 is 5.56 Å². The van der Waals surface area contributed by atoms with Crippen molar-refractivity contribution in [3.8, 4) is 0 Å². The Bertz CT molecular complexity index is 760. The van der Waals surface area contributed by atoms with Gasteiger partial charge in [0.05, 0.1) is 18.0 Å². The molecule has 0 aromatic carbocycles. The third-order valence-corrected chi connectivity index (χ3v) is 6.67. The molecule has 1 atom stereocenters. The molecule has 0 aliphatic carbocycles. The lowest BCUT2D eigenvalue weighted by atomic mass is 10.1. The first kappa shape index (κ1) is 18.0. The summed E-state index contributed by atoms with van der Waals surface area (Å²) in [6, 6.07) is 0.